The molecule has 0 atom stereocenters. The number of pyridine rings is 1. The number of aryl methyl sites for hydroxylation is 1. The van der Waals surface area contributed by atoms with Crippen LogP contribution in [-0.4, -0.2) is 15.2 Å². The molecule has 0 spiro atoms. The van der Waals surface area contributed by atoms with Crippen LogP contribution < -0.4 is 0 Å². The van der Waals surface area contributed by atoms with Gasteiger partial charge < -0.3 is 0 Å². The van der Waals surface area contributed by atoms with Crippen molar-refractivity contribution in [1.29, 1.82) is 0 Å². The van der Waals surface area contributed by atoms with E-state index in [1.807, 2.05) is 6.92 Å². The van der Waals surface area contributed by atoms with Gasteiger partial charge in [0.1, 0.15) is 0 Å². The van der Waals surface area contributed by atoms with Crippen LogP contribution in [0.2, 0.25) is 5.02 Å². The molecule has 3 nitrogen and oxygen atoms in total. The van der Waals surface area contributed by atoms with E-state index in [1.165, 1.54) is 0 Å². The quantitative estimate of drug-likeness (QED) is 0.652. The molecule has 0 bridgehead atoms. The fourth-order valence-corrected chi connectivity index (χ4v) is 1.18. The third kappa shape index (κ3) is 0.886. The lowest BCUT2D eigenvalue weighted by atomic mass is 10.3. The van der Waals surface area contributed by atoms with Crippen molar-refractivity contribution in [2.75, 3.05) is 0 Å². The molecule has 0 fully saturated rings. The first-order valence-electron chi connectivity index (χ1n) is 3.23. The summed E-state index contributed by atoms with van der Waals surface area (Å²) in [5.41, 5.74) is 1.71. The molecule has 0 aliphatic carbocycles. The summed E-state index contributed by atoms with van der Waals surface area (Å²) in [7, 11) is 0. The minimum atomic E-state index is 0.677. The molecule has 0 aromatic carbocycles. The number of aromatic amines is 1. The van der Waals surface area contributed by atoms with E-state index in [2.05, 4.69) is 15.2 Å². The number of nitrogens with one attached hydrogen (secondary N) is 1. The van der Waals surface area contributed by atoms with Gasteiger partial charge in [0, 0.05) is 5.39 Å². The first-order valence-corrected chi connectivity index (χ1v) is 3.61. The van der Waals surface area contributed by atoms with Gasteiger partial charge >= 0.3 is 0 Å². The van der Waals surface area contributed by atoms with Gasteiger partial charge in [0.25, 0.3) is 0 Å². The summed E-state index contributed by atoms with van der Waals surface area (Å²) in [6, 6.07) is 0. The van der Waals surface area contributed by atoms with Gasteiger partial charge in [0.15, 0.2) is 0 Å². The zero-order chi connectivity index (χ0) is 7.84. The van der Waals surface area contributed by atoms with Crippen molar-refractivity contribution in [1.82, 2.24) is 15.2 Å². The van der Waals surface area contributed by atoms with Crippen molar-refractivity contribution in [2.45, 2.75) is 6.92 Å². The number of H-pyrrole nitrogens is 1. The number of nitrogens with zero attached hydrogens (tertiary/aromatic N) is 2. The molecule has 0 aliphatic rings. The van der Waals surface area contributed by atoms with E-state index in [0.29, 0.717) is 5.02 Å². The van der Waals surface area contributed by atoms with Crippen LogP contribution >= 0.6 is 11.6 Å². The summed E-state index contributed by atoms with van der Waals surface area (Å²) in [6.45, 7) is 1.87. The van der Waals surface area contributed by atoms with Gasteiger partial charge in [-0.25, -0.2) is 0 Å². The molecule has 2 heterocycles. The molecule has 0 amide bonds. The summed E-state index contributed by atoms with van der Waals surface area (Å²) in [5.74, 6) is 0. The Morgan fingerprint density at radius 2 is 2.27 bits per heavy atom. The Hall–Kier alpha value is -1.09. The molecule has 0 radical (unpaired) electrons. The third-order valence-corrected chi connectivity index (χ3v) is 2.09. The molecule has 2 aromatic heterocycles. The zero-order valence-electron chi connectivity index (χ0n) is 5.93. The van der Waals surface area contributed by atoms with Crippen LogP contribution in [0, 0.1) is 6.92 Å². The number of halogens is 1. The minimum absolute atomic E-state index is 0.677. The molecule has 2 rings (SSSR count). The highest BCUT2D eigenvalue weighted by Gasteiger charge is 2.03. The highest BCUT2D eigenvalue weighted by Crippen LogP contribution is 2.22. The Balaban J connectivity index is 2.93. The molecule has 11 heavy (non-hydrogen) atoms. The summed E-state index contributed by atoms with van der Waals surface area (Å²) in [6.07, 6.45) is 3.43. The lowest BCUT2D eigenvalue weighted by molar-refractivity contribution is 1.11. The van der Waals surface area contributed by atoms with Crippen molar-refractivity contribution < 1.29 is 0 Å². The molecule has 0 saturated carbocycles. The predicted molar refractivity (Wildman–Crippen MR) is 43.6 cm³/mol. The average molecular weight is 168 g/mol. The Bertz CT molecular complexity index is 393. The van der Waals surface area contributed by atoms with E-state index in [0.717, 1.165) is 16.6 Å². The van der Waals surface area contributed by atoms with E-state index < -0.39 is 0 Å². The largest absolute Gasteiger partial charge is 0.276 e. The van der Waals surface area contributed by atoms with Crippen LogP contribution in [0.1, 0.15) is 5.69 Å². The fourth-order valence-electron chi connectivity index (χ4n) is 0.982. The second-order valence-corrected chi connectivity index (χ2v) is 2.73. The van der Waals surface area contributed by atoms with Crippen molar-refractivity contribution in [3.63, 3.8) is 0 Å². The summed E-state index contributed by atoms with van der Waals surface area (Å²) < 4.78 is 0. The monoisotopic (exact) mass is 167 g/mol. The SMILES string of the molecule is Cc1ncc2[nH]ncc2c1Cl. The third-order valence-electron chi connectivity index (χ3n) is 1.61. The van der Waals surface area contributed by atoms with Crippen molar-refractivity contribution in [3.05, 3.63) is 23.1 Å². The second kappa shape index (κ2) is 2.20. The summed E-state index contributed by atoms with van der Waals surface area (Å²) in [5, 5.41) is 8.25. The topological polar surface area (TPSA) is 41.6 Å². The fraction of sp³-hybridized carbons (Fsp3) is 0.143. The molecule has 4 heteroatoms. The maximum absolute atomic E-state index is 5.94. The first kappa shape index (κ1) is 6.61. The van der Waals surface area contributed by atoms with Gasteiger partial charge in [-0.05, 0) is 6.92 Å². The predicted octanol–water partition coefficient (Wildman–Crippen LogP) is 1.92. The maximum Gasteiger partial charge on any atom is 0.0848 e. The molecule has 0 unspecified atom stereocenters. The van der Waals surface area contributed by atoms with E-state index >= 15 is 0 Å². The van der Waals surface area contributed by atoms with Gasteiger partial charge in [-0.2, -0.15) is 5.10 Å². The molecular weight excluding hydrogens is 162 g/mol. The smallest absolute Gasteiger partial charge is 0.0848 e. The molecule has 56 valence electrons. The van der Waals surface area contributed by atoms with E-state index in [-0.39, 0.29) is 0 Å². The van der Waals surface area contributed by atoms with Crippen molar-refractivity contribution in [3.8, 4) is 0 Å². The van der Waals surface area contributed by atoms with E-state index in [1.54, 1.807) is 12.4 Å². The van der Waals surface area contributed by atoms with E-state index in [4.69, 9.17) is 11.6 Å². The number of fused-ring (bicyclic) bond motifs is 1. The Labute approximate surface area is 68.4 Å². The average Bonchev–Trinajstić information content (AvgIpc) is 2.45. The highest BCUT2D eigenvalue weighted by molar-refractivity contribution is 6.35. The Morgan fingerprint density at radius 1 is 1.45 bits per heavy atom. The van der Waals surface area contributed by atoms with Crippen LogP contribution in [0.5, 0.6) is 0 Å². The first-order chi connectivity index (χ1) is 5.29. The number of hydrogen-bond acceptors (Lipinski definition) is 2. The Kier molecular flexibility index (Phi) is 1.32. The van der Waals surface area contributed by atoms with Crippen LogP contribution in [0.3, 0.4) is 0 Å². The minimum Gasteiger partial charge on any atom is -0.276 e. The van der Waals surface area contributed by atoms with Crippen molar-refractivity contribution >= 4 is 22.5 Å². The molecule has 2 aromatic rings. The number of hydrogen-bond donors (Lipinski definition) is 1. The summed E-state index contributed by atoms with van der Waals surface area (Å²) in [4.78, 5) is 4.08. The van der Waals surface area contributed by atoms with E-state index in [9.17, 15) is 0 Å². The summed E-state index contributed by atoms with van der Waals surface area (Å²) >= 11 is 5.94. The van der Waals surface area contributed by atoms with Crippen LogP contribution in [0.15, 0.2) is 12.4 Å². The van der Waals surface area contributed by atoms with Gasteiger partial charge in [0.2, 0.25) is 0 Å². The second-order valence-electron chi connectivity index (χ2n) is 2.35. The van der Waals surface area contributed by atoms with Gasteiger partial charge in [0.05, 0.1) is 28.6 Å². The standard InChI is InChI=1S/C7H6ClN3/c1-4-7(8)5-2-10-11-6(5)3-9-4/h2-3H,1H3,(H,10,11). The molecule has 1 N–H and O–H groups in total. The zero-order valence-corrected chi connectivity index (χ0v) is 6.68. The van der Waals surface area contributed by atoms with Crippen LogP contribution in [0.25, 0.3) is 10.9 Å². The molecule has 0 aliphatic heterocycles. The molecular formula is C7H6ClN3. The van der Waals surface area contributed by atoms with Crippen LogP contribution in [-0.2, 0) is 0 Å². The van der Waals surface area contributed by atoms with Gasteiger partial charge in [-0.1, -0.05) is 11.6 Å². The van der Waals surface area contributed by atoms with Gasteiger partial charge in [-0.3, -0.25) is 10.1 Å². The van der Waals surface area contributed by atoms with Gasteiger partial charge in [-0.15, -0.1) is 0 Å². The highest BCUT2D eigenvalue weighted by atomic mass is 35.5. The Morgan fingerprint density at radius 3 is 3.09 bits per heavy atom. The lowest BCUT2D eigenvalue weighted by Gasteiger charge is -1.95. The van der Waals surface area contributed by atoms with Crippen molar-refractivity contribution in [2.24, 2.45) is 0 Å². The van der Waals surface area contributed by atoms with Crippen LogP contribution in [0.4, 0.5) is 0 Å². The normalized spacial score (nSPS) is 10.7. The number of rotatable bonds is 0. The maximum atomic E-state index is 5.94. The lowest BCUT2D eigenvalue weighted by Crippen LogP contribution is -1.81. The molecule has 0 saturated heterocycles. The number of aromatic nitrogens is 3.